The van der Waals surface area contributed by atoms with Crippen LogP contribution in [-0.4, -0.2) is 26.5 Å². The van der Waals surface area contributed by atoms with Crippen LogP contribution >= 0.6 is 0 Å². The zero-order valence-corrected chi connectivity index (χ0v) is 13.2. The number of carbonyl (C=O) groups is 1. The maximum absolute atomic E-state index is 12.1. The quantitative estimate of drug-likeness (QED) is 0.671. The Kier molecular flexibility index (Phi) is 4.02. The van der Waals surface area contributed by atoms with Crippen LogP contribution in [0.15, 0.2) is 40.5 Å². The summed E-state index contributed by atoms with van der Waals surface area (Å²) in [4.78, 5) is 12.5. The Balaban J connectivity index is 2.09. The minimum absolute atomic E-state index is 0.133. The molecule has 1 aliphatic rings. The molecule has 0 amide bonds. The molecule has 1 aromatic rings. The average Bonchev–Trinajstić information content (AvgIpc) is 2.70. The molecule has 1 heterocycles. The van der Waals surface area contributed by atoms with Crippen LogP contribution in [0.4, 0.5) is 0 Å². The zero-order chi connectivity index (χ0) is 14.0. The van der Waals surface area contributed by atoms with Crippen molar-refractivity contribution in [2.24, 2.45) is 5.73 Å². The third-order valence-corrected chi connectivity index (χ3v) is 5.34. The molecule has 1 aliphatic heterocycles. The van der Waals surface area contributed by atoms with E-state index in [1.54, 1.807) is 0 Å². The van der Waals surface area contributed by atoms with Crippen LogP contribution in [0.5, 0.6) is 0 Å². The van der Waals surface area contributed by atoms with Crippen molar-refractivity contribution in [1.29, 1.82) is 0 Å². The Labute approximate surface area is 120 Å². The van der Waals surface area contributed by atoms with Crippen molar-refractivity contribution >= 4 is 20.9 Å². The van der Waals surface area contributed by atoms with Gasteiger partial charge in [-0.05, 0) is 0 Å². The second-order valence-electron chi connectivity index (χ2n) is 5.57. The molecule has 1 aromatic carbocycles. The first-order valence-electron chi connectivity index (χ1n) is 6.30. The molecule has 2 rings (SSSR count). The van der Waals surface area contributed by atoms with Gasteiger partial charge in [0.25, 0.3) is 0 Å². The van der Waals surface area contributed by atoms with Crippen molar-refractivity contribution in [3.8, 4) is 0 Å². The summed E-state index contributed by atoms with van der Waals surface area (Å²) in [7, 11) is 0. The second kappa shape index (κ2) is 5.40. The molecule has 0 spiro atoms. The summed E-state index contributed by atoms with van der Waals surface area (Å²) in [5, 5.41) is 0. The fourth-order valence-electron chi connectivity index (χ4n) is 1.93. The van der Waals surface area contributed by atoms with Crippen molar-refractivity contribution in [3.63, 3.8) is 0 Å². The van der Waals surface area contributed by atoms with Gasteiger partial charge < -0.3 is 0 Å². The van der Waals surface area contributed by atoms with Gasteiger partial charge in [0.1, 0.15) is 0 Å². The maximum atomic E-state index is 12.1. The van der Waals surface area contributed by atoms with Gasteiger partial charge in [0.05, 0.1) is 0 Å². The molecule has 0 saturated carbocycles. The SMILES string of the molecule is CC(C)(C)OC(=O)C1=C(N)[Se]C(c2ccccc2)C1. The van der Waals surface area contributed by atoms with E-state index in [1.807, 2.05) is 39.0 Å². The molecule has 0 saturated heterocycles. The fourth-order valence-corrected chi connectivity index (χ4v) is 4.36. The Hall–Kier alpha value is -1.25. The van der Waals surface area contributed by atoms with Gasteiger partial charge in [-0.1, -0.05) is 0 Å². The van der Waals surface area contributed by atoms with Crippen LogP contribution < -0.4 is 5.73 Å². The third-order valence-electron chi connectivity index (χ3n) is 2.77. The van der Waals surface area contributed by atoms with Crippen molar-refractivity contribution in [1.82, 2.24) is 0 Å². The van der Waals surface area contributed by atoms with E-state index in [0.717, 1.165) is 4.60 Å². The molecule has 0 radical (unpaired) electrons. The van der Waals surface area contributed by atoms with Crippen LogP contribution in [0.2, 0.25) is 0 Å². The van der Waals surface area contributed by atoms with Gasteiger partial charge in [-0.3, -0.25) is 0 Å². The van der Waals surface area contributed by atoms with Crippen molar-refractivity contribution in [2.75, 3.05) is 0 Å². The van der Waals surface area contributed by atoms with E-state index in [-0.39, 0.29) is 20.9 Å². The number of esters is 1. The Morgan fingerprint density at radius 3 is 2.53 bits per heavy atom. The van der Waals surface area contributed by atoms with Crippen molar-refractivity contribution in [2.45, 2.75) is 37.6 Å². The molecule has 19 heavy (non-hydrogen) atoms. The van der Waals surface area contributed by atoms with E-state index in [0.29, 0.717) is 16.8 Å². The van der Waals surface area contributed by atoms with Crippen molar-refractivity contribution in [3.05, 3.63) is 46.1 Å². The molecule has 0 fully saturated rings. The number of hydrogen-bond donors (Lipinski definition) is 1. The Bertz CT molecular complexity index is 503. The van der Waals surface area contributed by atoms with Gasteiger partial charge in [-0.25, -0.2) is 0 Å². The number of benzene rings is 1. The molecule has 2 N–H and O–H groups in total. The molecular formula is C15H19NO2Se. The van der Waals surface area contributed by atoms with Gasteiger partial charge in [0.2, 0.25) is 0 Å². The summed E-state index contributed by atoms with van der Waals surface area (Å²) in [6.07, 6.45) is 0.699. The van der Waals surface area contributed by atoms with Crippen molar-refractivity contribution < 1.29 is 9.53 Å². The van der Waals surface area contributed by atoms with Gasteiger partial charge >= 0.3 is 120 Å². The van der Waals surface area contributed by atoms with Crippen LogP contribution in [0.3, 0.4) is 0 Å². The molecule has 0 aliphatic carbocycles. The summed E-state index contributed by atoms with van der Waals surface area (Å²) in [5.41, 5.74) is 7.49. The number of rotatable bonds is 2. The van der Waals surface area contributed by atoms with Crippen LogP contribution in [0, 0.1) is 0 Å². The number of nitrogens with two attached hydrogens (primary N) is 1. The molecule has 1 atom stereocenters. The van der Waals surface area contributed by atoms with Gasteiger partial charge in [0.15, 0.2) is 0 Å². The van der Waals surface area contributed by atoms with Crippen LogP contribution in [0.25, 0.3) is 0 Å². The van der Waals surface area contributed by atoms with E-state index in [4.69, 9.17) is 10.5 Å². The van der Waals surface area contributed by atoms with E-state index in [1.165, 1.54) is 5.56 Å². The zero-order valence-electron chi connectivity index (χ0n) is 11.5. The van der Waals surface area contributed by atoms with Crippen LogP contribution in [-0.2, 0) is 9.53 Å². The summed E-state index contributed by atoms with van der Waals surface area (Å²) in [5.74, 6) is -0.259. The molecule has 0 aromatic heterocycles. The van der Waals surface area contributed by atoms with E-state index in [9.17, 15) is 4.79 Å². The van der Waals surface area contributed by atoms with Gasteiger partial charge in [-0.15, -0.1) is 0 Å². The first-order valence-corrected chi connectivity index (χ1v) is 8.15. The molecule has 4 heteroatoms. The van der Waals surface area contributed by atoms with E-state index in [2.05, 4.69) is 12.1 Å². The Morgan fingerprint density at radius 1 is 1.32 bits per heavy atom. The molecule has 0 bridgehead atoms. The van der Waals surface area contributed by atoms with E-state index >= 15 is 0 Å². The first kappa shape index (κ1) is 14.2. The summed E-state index contributed by atoms with van der Waals surface area (Å²) < 4.78 is 6.14. The number of carbonyl (C=O) groups excluding carboxylic acids is 1. The Morgan fingerprint density at radius 2 is 1.95 bits per heavy atom. The summed E-state index contributed by atoms with van der Waals surface area (Å²) in [6, 6.07) is 10.2. The molecule has 3 nitrogen and oxygen atoms in total. The minimum atomic E-state index is -0.470. The average molecular weight is 324 g/mol. The molecule has 1 unspecified atom stereocenters. The van der Waals surface area contributed by atoms with E-state index < -0.39 is 5.60 Å². The third kappa shape index (κ3) is 3.61. The predicted octanol–water partition coefficient (Wildman–Crippen LogP) is 2.35. The summed E-state index contributed by atoms with van der Waals surface area (Å²) in [6.45, 7) is 5.61. The molecule has 102 valence electrons. The predicted molar refractivity (Wildman–Crippen MR) is 76.6 cm³/mol. The first-order chi connectivity index (χ1) is 8.87. The van der Waals surface area contributed by atoms with Gasteiger partial charge in [0, 0.05) is 0 Å². The topological polar surface area (TPSA) is 52.3 Å². The monoisotopic (exact) mass is 325 g/mol. The normalized spacial score (nSPS) is 19.6. The molecular weight excluding hydrogens is 305 g/mol. The fraction of sp³-hybridized carbons (Fsp3) is 0.400. The van der Waals surface area contributed by atoms with Crippen LogP contribution in [0.1, 0.15) is 37.6 Å². The van der Waals surface area contributed by atoms with Gasteiger partial charge in [-0.2, -0.15) is 0 Å². The number of hydrogen-bond acceptors (Lipinski definition) is 3. The number of ether oxygens (including phenoxy) is 1. The summed E-state index contributed by atoms with van der Waals surface area (Å²) >= 11 is 0.133. The standard InChI is InChI=1S/C15H19NO2Se/c1-15(2,3)18-14(17)11-9-12(19-13(11)16)10-7-5-4-6-8-10/h4-8,12H,9,16H2,1-3H3. The second-order valence-corrected chi connectivity index (χ2v) is 8.18.